The summed E-state index contributed by atoms with van der Waals surface area (Å²) in [7, 11) is 0. The van der Waals surface area contributed by atoms with E-state index in [2.05, 4.69) is 0 Å². The molecule has 0 spiro atoms. The molecular formula is C17H9F3O2. The summed E-state index contributed by atoms with van der Waals surface area (Å²) in [6.45, 7) is 0. The molecule has 5 heteroatoms. The van der Waals surface area contributed by atoms with Crippen LogP contribution in [0.4, 0.5) is 13.2 Å². The third-order valence-corrected chi connectivity index (χ3v) is 3.45. The van der Waals surface area contributed by atoms with Crippen molar-refractivity contribution >= 4 is 16.7 Å². The average molecular weight is 302 g/mol. The van der Waals surface area contributed by atoms with Crippen molar-refractivity contribution in [1.82, 2.24) is 0 Å². The molecule has 1 N–H and O–H groups in total. The summed E-state index contributed by atoms with van der Waals surface area (Å²) < 4.78 is 39.9. The molecule has 0 saturated carbocycles. The highest BCUT2D eigenvalue weighted by molar-refractivity contribution is 6.08. The van der Waals surface area contributed by atoms with E-state index in [0.717, 1.165) is 12.1 Å². The van der Waals surface area contributed by atoms with Crippen LogP contribution in [-0.4, -0.2) is 11.1 Å². The maximum atomic E-state index is 13.4. The van der Waals surface area contributed by atoms with Gasteiger partial charge < -0.3 is 5.11 Å². The average Bonchev–Trinajstić information content (AvgIpc) is 2.50. The summed E-state index contributed by atoms with van der Waals surface area (Å²) in [4.78, 5) is 11.2. The number of halogens is 3. The van der Waals surface area contributed by atoms with Crippen molar-refractivity contribution in [3.63, 3.8) is 0 Å². The fourth-order valence-corrected chi connectivity index (χ4v) is 2.45. The molecule has 0 aliphatic carbocycles. The van der Waals surface area contributed by atoms with E-state index in [1.165, 1.54) is 12.1 Å². The topological polar surface area (TPSA) is 37.3 Å². The Kier molecular flexibility index (Phi) is 3.33. The van der Waals surface area contributed by atoms with Crippen LogP contribution in [0.2, 0.25) is 0 Å². The Morgan fingerprint density at radius 1 is 0.864 bits per heavy atom. The number of carboxylic acid groups (broad SMARTS) is 1. The molecule has 22 heavy (non-hydrogen) atoms. The van der Waals surface area contributed by atoms with Gasteiger partial charge in [-0.2, -0.15) is 0 Å². The van der Waals surface area contributed by atoms with Gasteiger partial charge in [0.25, 0.3) is 0 Å². The van der Waals surface area contributed by atoms with Crippen molar-refractivity contribution in [3.05, 3.63) is 71.5 Å². The van der Waals surface area contributed by atoms with E-state index in [9.17, 15) is 23.1 Å². The molecule has 0 bridgehead atoms. The van der Waals surface area contributed by atoms with Gasteiger partial charge in [0.2, 0.25) is 0 Å². The van der Waals surface area contributed by atoms with Crippen molar-refractivity contribution in [2.24, 2.45) is 0 Å². The van der Waals surface area contributed by atoms with Crippen LogP contribution < -0.4 is 0 Å². The molecule has 110 valence electrons. The minimum Gasteiger partial charge on any atom is -0.478 e. The van der Waals surface area contributed by atoms with E-state index >= 15 is 0 Å². The summed E-state index contributed by atoms with van der Waals surface area (Å²) in [5.41, 5.74) is 0.658. The molecule has 3 aromatic rings. The van der Waals surface area contributed by atoms with Crippen LogP contribution in [0.3, 0.4) is 0 Å². The zero-order valence-electron chi connectivity index (χ0n) is 11.1. The maximum Gasteiger partial charge on any atom is 0.336 e. The van der Waals surface area contributed by atoms with Crippen LogP contribution in [0.15, 0.2) is 48.5 Å². The van der Waals surface area contributed by atoms with Gasteiger partial charge in [0, 0.05) is 0 Å². The Morgan fingerprint density at radius 3 is 2.05 bits per heavy atom. The van der Waals surface area contributed by atoms with E-state index in [4.69, 9.17) is 0 Å². The molecule has 0 amide bonds. The lowest BCUT2D eigenvalue weighted by molar-refractivity contribution is 0.0699. The lowest BCUT2D eigenvalue weighted by atomic mass is 9.95. The van der Waals surface area contributed by atoms with Gasteiger partial charge in [-0.15, -0.1) is 0 Å². The third-order valence-electron chi connectivity index (χ3n) is 3.45. The van der Waals surface area contributed by atoms with Gasteiger partial charge in [-0.1, -0.05) is 30.3 Å². The third kappa shape index (κ3) is 2.20. The summed E-state index contributed by atoms with van der Waals surface area (Å²) in [5, 5.41) is 10.2. The van der Waals surface area contributed by atoms with Crippen molar-refractivity contribution in [2.75, 3.05) is 0 Å². The highest BCUT2D eigenvalue weighted by atomic mass is 19.2. The Balaban J connectivity index is 2.33. The van der Waals surface area contributed by atoms with Crippen molar-refractivity contribution in [1.29, 1.82) is 0 Å². The highest BCUT2D eigenvalue weighted by Crippen LogP contribution is 2.32. The molecule has 0 saturated heterocycles. The molecule has 0 unspecified atom stereocenters. The van der Waals surface area contributed by atoms with Gasteiger partial charge in [0.05, 0.1) is 5.56 Å². The second-order valence-electron chi connectivity index (χ2n) is 4.77. The number of hydrogen-bond acceptors (Lipinski definition) is 1. The predicted octanol–water partition coefficient (Wildman–Crippen LogP) is 4.62. The first-order valence-electron chi connectivity index (χ1n) is 6.39. The molecule has 0 aliphatic rings. The van der Waals surface area contributed by atoms with E-state index in [1.807, 2.05) is 0 Å². The Morgan fingerprint density at radius 2 is 1.45 bits per heavy atom. The van der Waals surface area contributed by atoms with Crippen molar-refractivity contribution in [3.8, 4) is 11.1 Å². The highest BCUT2D eigenvalue weighted by Gasteiger charge is 2.15. The van der Waals surface area contributed by atoms with Gasteiger partial charge in [0.1, 0.15) is 0 Å². The monoisotopic (exact) mass is 302 g/mol. The number of carbonyl (C=O) groups is 1. The zero-order chi connectivity index (χ0) is 15.9. The number of fused-ring (bicyclic) bond motifs is 1. The quantitative estimate of drug-likeness (QED) is 0.701. The summed E-state index contributed by atoms with van der Waals surface area (Å²) in [5.74, 6) is -5.21. The lowest BCUT2D eigenvalue weighted by Gasteiger charge is -2.10. The zero-order valence-corrected chi connectivity index (χ0v) is 11.1. The standard InChI is InChI=1S/C17H9F3O2/c18-14-7-9(8-15(19)16(14)20)10-5-6-13(17(21)22)12-4-2-1-3-11(10)12/h1-8H,(H,21,22). The summed E-state index contributed by atoms with van der Waals surface area (Å²) >= 11 is 0. The Bertz CT molecular complexity index is 881. The second-order valence-corrected chi connectivity index (χ2v) is 4.77. The molecule has 3 aromatic carbocycles. The van der Waals surface area contributed by atoms with E-state index in [-0.39, 0.29) is 11.1 Å². The fraction of sp³-hybridized carbons (Fsp3) is 0. The largest absolute Gasteiger partial charge is 0.478 e. The van der Waals surface area contributed by atoms with Gasteiger partial charge in [-0.3, -0.25) is 0 Å². The minimum atomic E-state index is -1.53. The van der Waals surface area contributed by atoms with Gasteiger partial charge >= 0.3 is 5.97 Å². The molecule has 0 heterocycles. The van der Waals surface area contributed by atoms with E-state index < -0.39 is 23.4 Å². The Hall–Kier alpha value is -2.82. The van der Waals surface area contributed by atoms with Crippen LogP contribution in [0, 0.1) is 17.5 Å². The van der Waals surface area contributed by atoms with Gasteiger partial charge in [-0.25, -0.2) is 18.0 Å². The Labute approximate surface area is 123 Å². The van der Waals surface area contributed by atoms with Crippen molar-refractivity contribution in [2.45, 2.75) is 0 Å². The normalized spacial score (nSPS) is 10.9. The van der Waals surface area contributed by atoms with Crippen molar-refractivity contribution < 1.29 is 23.1 Å². The number of benzene rings is 3. The molecule has 2 nitrogen and oxygen atoms in total. The summed E-state index contributed by atoms with van der Waals surface area (Å²) in [6, 6.07) is 11.2. The number of hydrogen-bond donors (Lipinski definition) is 1. The fourth-order valence-electron chi connectivity index (χ4n) is 2.45. The summed E-state index contributed by atoms with van der Waals surface area (Å²) in [6.07, 6.45) is 0. The molecule has 0 radical (unpaired) electrons. The minimum absolute atomic E-state index is 0.0856. The van der Waals surface area contributed by atoms with E-state index in [0.29, 0.717) is 16.3 Å². The molecule has 0 atom stereocenters. The molecule has 0 aromatic heterocycles. The molecule has 3 rings (SSSR count). The van der Waals surface area contributed by atoms with Crippen LogP contribution in [0.5, 0.6) is 0 Å². The number of rotatable bonds is 2. The first-order valence-corrected chi connectivity index (χ1v) is 6.39. The van der Waals surface area contributed by atoms with Crippen LogP contribution in [0.1, 0.15) is 10.4 Å². The van der Waals surface area contributed by atoms with Gasteiger partial charge in [0.15, 0.2) is 17.5 Å². The van der Waals surface area contributed by atoms with Gasteiger partial charge in [-0.05, 0) is 40.1 Å². The molecule has 0 fully saturated rings. The smallest absolute Gasteiger partial charge is 0.336 e. The van der Waals surface area contributed by atoms with Crippen LogP contribution in [0.25, 0.3) is 21.9 Å². The maximum absolute atomic E-state index is 13.4. The lowest BCUT2D eigenvalue weighted by Crippen LogP contribution is -1.98. The molecule has 0 aliphatic heterocycles. The van der Waals surface area contributed by atoms with Crippen LogP contribution >= 0.6 is 0 Å². The number of carboxylic acids is 1. The van der Waals surface area contributed by atoms with Crippen LogP contribution in [-0.2, 0) is 0 Å². The first-order chi connectivity index (χ1) is 10.5. The SMILES string of the molecule is O=C(O)c1ccc(-c2cc(F)c(F)c(F)c2)c2ccccc12. The van der Waals surface area contributed by atoms with E-state index in [1.54, 1.807) is 24.3 Å². The second kappa shape index (κ2) is 5.18. The first kappa shape index (κ1) is 14.1. The molecular weight excluding hydrogens is 293 g/mol. The predicted molar refractivity (Wildman–Crippen MR) is 76.2 cm³/mol. The number of aromatic carboxylic acids is 1.